The number of aromatic nitrogens is 2. The van der Waals surface area contributed by atoms with Gasteiger partial charge in [0.05, 0.1) is 6.33 Å². The van der Waals surface area contributed by atoms with E-state index >= 15 is 0 Å². The third-order valence-electron chi connectivity index (χ3n) is 4.31. The van der Waals surface area contributed by atoms with E-state index in [1.54, 1.807) is 0 Å². The van der Waals surface area contributed by atoms with Gasteiger partial charge in [0, 0.05) is 12.6 Å². The van der Waals surface area contributed by atoms with Gasteiger partial charge in [0.25, 0.3) is 5.91 Å². The quantitative estimate of drug-likeness (QED) is 0.846. The van der Waals surface area contributed by atoms with Gasteiger partial charge >= 0.3 is 5.97 Å². The van der Waals surface area contributed by atoms with Crippen molar-refractivity contribution in [1.82, 2.24) is 14.9 Å². The molecule has 0 radical (unpaired) electrons. The Balaban J connectivity index is 1.86. The first kappa shape index (κ1) is 12.2. The van der Waals surface area contributed by atoms with Crippen LogP contribution in [-0.2, 0) is 0 Å². The number of nitrogens with zero attached hydrogens (tertiary/aromatic N) is 2. The Morgan fingerprint density at radius 2 is 2.11 bits per heavy atom. The fraction of sp³-hybridized carbons (Fsp3) is 0.615. The number of nitrogens with one attached hydrogen (secondary N) is 1. The molecule has 1 aromatic rings. The minimum atomic E-state index is -1.14. The lowest BCUT2D eigenvalue weighted by Crippen LogP contribution is -2.46. The minimum Gasteiger partial charge on any atom is -0.477 e. The first-order valence-corrected chi connectivity index (χ1v) is 6.76. The summed E-state index contributed by atoms with van der Waals surface area (Å²) in [7, 11) is 0. The first-order chi connectivity index (χ1) is 9.18. The summed E-state index contributed by atoms with van der Waals surface area (Å²) in [4.78, 5) is 31.8. The number of H-pyrrole nitrogens is 1. The predicted molar refractivity (Wildman–Crippen MR) is 66.9 cm³/mol. The molecule has 102 valence electrons. The maximum absolute atomic E-state index is 12.5. The Morgan fingerprint density at radius 3 is 2.89 bits per heavy atom. The molecule has 1 aliphatic carbocycles. The molecule has 0 spiro atoms. The molecule has 0 aromatic carbocycles. The summed E-state index contributed by atoms with van der Waals surface area (Å²) >= 11 is 0. The van der Waals surface area contributed by atoms with Crippen molar-refractivity contribution >= 4 is 11.9 Å². The lowest BCUT2D eigenvalue weighted by Gasteiger charge is -2.37. The van der Waals surface area contributed by atoms with Crippen molar-refractivity contribution < 1.29 is 14.7 Å². The lowest BCUT2D eigenvalue weighted by molar-refractivity contribution is 0.0531. The Morgan fingerprint density at radius 1 is 1.32 bits per heavy atom. The Kier molecular flexibility index (Phi) is 3.00. The lowest BCUT2D eigenvalue weighted by atomic mass is 9.91. The number of carbonyl (C=O) groups is 2. The smallest absolute Gasteiger partial charge is 0.354 e. The molecule has 2 atom stereocenters. The van der Waals surface area contributed by atoms with E-state index in [0.717, 1.165) is 19.3 Å². The number of hydrogen-bond acceptors (Lipinski definition) is 3. The first-order valence-electron chi connectivity index (χ1n) is 6.76. The molecule has 1 aliphatic heterocycles. The summed E-state index contributed by atoms with van der Waals surface area (Å²) in [6.07, 6.45) is 6.82. The zero-order chi connectivity index (χ0) is 13.4. The molecule has 19 heavy (non-hydrogen) atoms. The third-order valence-corrected chi connectivity index (χ3v) is 4.31. The van der Waals surface area contributed by atoms with Crippen LogP contribution in [0.25, 0.3) is 0 Å². The molecule has 2 unspecified atom stereocenters. The largest absolute Gasteiger partial charge is 0.477 e. The van der Waals surface area contributed by atoms with E-state index in [1.807, 2.05) is 4.90 Å². The van der Waals surface area contributed by atoms with Crippen molar-refractivity contribution in [1.29, 1.82) is 0 Å². The normalized spacial score (nSPS) is 26.2. The number of likely N-dealkylation sites (tertiary alicyclic amines) is 1. The molecule has 2 N–H and O–H groups in total. The second-order valence-electron chi connectivity index (χ2n) is 5.33. The van der Waals surface area contributed by atoms with E-state index in [0.29, 0.717) is 12.5 Å². The summed E-state index contributed by atoms with van der Waals surface area (Å²) in [6, 6.07) is 0.277. The number of carboxylic acid groups (broad SMARTS) is 1. The maximum atomic E-state index is 12.5. The van der Waals surface area contributed by atoms with E-state index in [4.69, 9.17) is 5.11 Å². The molecular formula is C13H17N3O3. The van der Waals surface area contributed by atoms with Crippen molar-refractivity contribution in [2.45, 2.75) is 38.1 Å². The molecule has 1 amide bonds. The highest BCUT2D eigenvalue weighted by Gasteiger charge is 2.39. The van der Waals surface area contributed by atoms with Crippen molar-refractivity contribution in [3.8, 4) is 0 Å². The highest BCUT2D eigenvalue weighted by atomic mass is 16.4. The number of carboxylic acids is 1. The van der Waals surface area contributed by atoms with Gasteiger partial charge in [-0.1, -0.05) is 6.42 Å². The van der Waals surface area contributed by atoms with Crippen LogP contribution < -0.4 is 0 Å². The molecule has 1 aromatic heterocycles. The Labute approximate surface area is 110 Å². The van der Waals surface area contributed by atoms with E-state index < -0.39 is 5.97 Å². The molecule has 6 nitrogen and oxygen atoms in total. The standard InChI is InChI=1S/C13H17N3O3/c17-12(10-11(13(18)19)15-7-14-10)16-6-2-4-8-3-1-5-9(8)16/h7-9H,1-6H2,(H,14,15)(H,18,19). The molecule has 2 aliphatic rings. The maximum Gasteiger partial charge on any atom is 0.354 e. The molecular weight excluding hydrogens is 246 g/mol. The van der Waals surface area contributed by atoms with E-state index in [2.05, 4.69) is 9.97 Å². The van der Waals surface area contributed by atoms with Gasteiger partial charge in [0.1, 0.15) is 0 Å². The minimum absolute atomic E-state index is 0.0417. The second-order valence-corrected chi connectivity index (χ2v) is 5.33. The molecule has 1 saturated heterocycles. The number of aromatic amines is 1. The van der Waals surface area contributed by atoms with Crippen LogP contribution >= 0.6 is 0 Å². The van der Waals surface area contributed by atoms with Crippen LogP contribution in [-0.4, -0.2) is 44.4 Å². The summed E-state index contributed by atoms with van der Waals surface area (Å²) in [5, 5.41) is 9.05. The monoisotopic (exact) mass is 263 g/mol. The average molecular weight is 263 g/mol. The van der Waals surface area contributed by atoms with Crippen LogP contribution in [0.3, 0.4) is 0 Å². The Bertz CT molecular complexity index is 511. The molecule has 2 heterocycles. The number of hydrogen-bond donors (Lipinski definition) is 2. The molecule has 6 heteroatoms. The number of imidazole rings is 1. The number of aromatic carboxylic acids is 1. The van der Waals surface area contributed by atoms with Gasteiger partial charge < -0.3 is 15.0 Å². The van der Waals surface area contributed by atoms with E-state index in [9.17, 15) is 9.59 Å². The van der Waals surface area contributed by atoms with E-state index in [1.165, 1.54) is 19.2 Å². The fourth-order valence-electron chi connectivity index (χ4n) is 3.46. The zero-order valence-electron chi connectivity index (χ0n) is 10.6. The number of amides is 1. The molecule has 0 bridgehead atoms. The molecule has 2 fully saturated rings. The summed E-state index contributed by atoms with van der Waals surface area (Å²) < 4.78 is 0. The fourth-order valence-corrected chi connectivity index (χ4v) is 3.46. The van der Waals surface area contributed by atoms with Crippen LogP contribution in [0.4, 0.5) is 0 Å². The average Bonchev–Trinajstić information content (AvgIpc) is 3.05. The Hall–Kier alpha value is -1.85. The van der Waals surface area contributed by atoms with Gasteiger partial charge in [-0.05, 0) is 31.6 Å². The topological polar surface area (TPSA) is 86.3 Å². The van der Waals surface area contributed by atoms with Gasteiger partial charge in [-0.15, -0.1) is 0 Å². The van der Waals surface area contributed by atoms with Crippen molar-refractivity contribution in [3.63, 3.8) is 0 Å². The molecule has 1 saturated carbocycles. The van der Waals surface area contributed by atoms with Gasteiger partial charge in [-0.3, -0.25) is 4.79 Å². The highest BCUT2D eigenvalue weighted by molar-refractivity contribution is 6.02. The summed E-state index contributed by atoms with van der Waals surface area (Å²) in [5.41, 5.74) is -0.0647. The number of rotatable bonds is 2. The van der Waals surface area contributed by atoms with Gasteiger partial charge in [0.15, 0.2) is 11.4 Å². The highest BCUT2D eigenvalue weighted by Crippen LogP contribution is 2.37. The molecule has 3 rings (SSSR count). The van der Waals surface area contributed by atoms with Gasteiger partial charge in [0.2, 0.25) is 0 Å². The van der Waals surface area contributed by atoms with Gasteiger partial charge in [-0.25, -0.2) is 9.78 Å². The third kappa shape index (κ3) is 2.01. The van der Waals surface area contributed by atoms with Crippen molar-refractivity contribution in [2.75, 3.05) is 6.54 Å². The van der Waals surface area contributed by atoms with Crippen LogP contribution in [0.15, 0.2) is 6.33 Å². The number of carbonyl (C=O) groups excluding carboxylic acids is 1. The summed E-state index contributed by atoms with van der Waals surface area (Å²) in [6.45, 7) is 0.714. The van der Waals surface area contributed by atoms with Crippen LogP contribution in [0.1, 0.15) is 53.1 Å². The van der Waals surface area contributed by atoms with Crippen LogP contribution in [0.2, 0.25) is 0 Å². The van der Waals surface area contributed by atoms with Gasteiger partial charge in [-0.2, -0.15) is 0 Å². The second kappa shape index (κ2) is 4.68. The number of fused-ring (bicyclic) bond motifs is 1. The SMILES string of the molecule is O=C(O)c1[nH]cnc1C(=O)N1CCCC2CCCC21. The van der Waals surface area contributed by atoms with Crippen LogP contribution in [0.5, 0.6) is 0 Å². The predicted octanol–water partition coefficient (Wildman–Crippen LogP) is 1.51. The number of piperidine rings is 1. The zero-order valence-corrected chi connectivity index (χ0v) is 10.6. The van der Waals surface area contributed by atoms with Crippen molar-refractivity contribution in [3.05, 3.63) is 17.7 Å². The van der Waals surface area contributed by atoms with Crippen LogP contribution in [0, 0.1) is 5.92 Å². The van der Waals surface area contributed by atoms with E-state index in [-0.39, 0.29) is 23.3 Å². The summed E-state index contributed by atoms with van der Waals surface area (Å²) in [5.74, 6) is -0.791. The van der Waals surface area contributed by atoms with Crippen molar-refractivity contribution in [2.24, 2.45) is 5.92 Å².